The second-order valence-corrected chi connectivity index (χ2v) is 5.22. The van der Waals surface area contributed by atoms with E-state index in [4.69, 9.17) is 10.6 Å². The van der Waals surface area contributed by atoms with Crippen LogP contribution in [0.4, 0.5) is 8.78 Å². The predicted molar refractivity (Wildman–Crippen MR) is 61.6 cm³/mol. The summed E-state index contributed by atoms with van der Waals surface area (Å²) in [5.74, 6) is 5.70. The summed E-state index contributed by atoms with van der Waals surface area (Å²) in [6.07, 6.45) is 2.73. The Hall–Kier alpha value is -0.260. The summed E-state index contributed by atoms with van der Waals surface area (Å²) in [6.45, 7) is 1.51. The second-order valence-electron chi connectivity index (χ2n) is 5.22. The number of rotatable bonds is 3. The molecule has 1 atom stereocenters. The molecule has 1 unspecified atom stereocenters. The second kappa shape index (κ2) is 6.07. The zero-order chi connectivity index (χ0) is 12.3. The number of hydrazine groups is 1. The molecule has 0 aromatic carbocycles. The van der Waals surface area contributed by atoms with E-state index in [0.717, 1.165) is 32.3 Å². The Morgan fingerprint density at radius 2 is 1.76 bits per heavy atom. The maximum Gasteiger partial charge on any atom is 0.241 e. The van der Waals surface area contributed by atoms with Gasteiger partial charge in [-0.05, 0) is 38.5 Å². The molecule has 2 fully saturated rings. The molecule has 1 saturated carbocycles. The minimum atomic E-state index is -2.17. The highest BCUT2D eigenvalue weighted by Crippen LogP contribution is 2.31. The third-order valence-electron chi connectivity index (χ3n) is 4.08. The summed E-state index contributed by atoms with van der Waals surface area (Å²) in [5.41, 5.74) is 0. The van der Waals surface area contributed by atoms with Crippen molar-refractivity contribution in [2.45, 2.75) is 57.0 Å². The van der Waals surface area contributed by atoms with Gasteiger partial charge in [0.1, 0.15) is 0 Å². The number of alkyl halides is 2. The molecule has 2 aliphatic rings. The zero-order valence-corrected chi connectivity index (χ0v) is 10.2. The molecular formula is C12H22F2N2O. The maximum absolute atomic E-state index is 12.5. The van der Waals surface area contributed by atoms with Crippen LogP contribution in [0.5, 0.6) is 0 Å². The van der Waals surface area contributed by atoms with Gasteiger partial charge in [0.05, 0.1) is 6.61 Å². The Morgan fingerprint density at radius 1 is 1.06 bits per heavy atom. The van der Waals surface area contributed by atoms with Crippen LogP contribution < -0.4 is 5.84 Å². The van der Waals surface area contributed by atoms with Crippen molar-refractivity contribution in [2.75, 3.05) is 13.2 Å². The molecule has 17 heavy (non-hydrogen) atoms. The van der Waals surface area contributed by atoms with E-state index in [1.807, 2.05) is 5.01 Å². The molecule has 0 aromatic rings. The highest BCUT2D eigenvalue weighted by molar-refractivity contribution is 4.82. The van der Waals surface area contributed by atoms with Crippen LogP contribution >= 0.6 is 0 Å². The molecule has 2 N–H and O–H groups in total. The summed E-state index contributed by atoms with van der Waals surface area (Å²) >= 11 is 0. The first-order valence-corrected chi connectivity index (χ1v) is 6.57. The van der Waals surface area contributed by atoms with E-state index in [2.05, 4.69) is 0 Å². The quantitative estimate of drug-likeness (QED) is 0.614. The van der Waals surface area contributed by atoms with Gasteiger partial charge in [0.25, 0.3) is 0 Å². The average Bonchev–Trinajstić information content (AvgIpc) is 2.39. The molecule has 0 spiro atoms. The van der Waals surface area contributed by atoms with Crippen molar-refractivity contribution in [2.24, 2.45) is 11.8 Å². The first kappa shape index (κ1) is 13.2. The summed E-state index contributed by atoms with van der Waals surface area (Å²) in [7, 11) is 0. The van der Waals surface area contributed by atoms with Gasteiger partial charge in [-0.1, -0.05) is 0 Å². The smallest absolute Gasteiger partial charge is 0.241 e. The molecule has 0 radical (unpaired) electrons. The van der Waals surface area contributed by atoms with E-state index in [1.165, 1.54) is 0 Å². The highest BCUT2D eigenvalue weighted by Gasteiger charge is 2.32. The lowest BCUT2D eigenvalue weighted by molar-refractivity contribution is -0.0218. The Morgan fingerprint density at radius 3 is 2.29 bits per heavy atom. The van der Waals surface area contributed by atoms with Crippen LogP contribution in [0.1, 0.15) is 38.5 Å². The van der Waals surface area contributed by atoms with Gasteiger partial charge in [-0.2, -0.15) is 0 Å². The normalized spacial score (nSPS) is 35.5. The monoisotopic (exact) mass is 248 g/mol. The SMILES string of the molecule is NN(C1CCC(C(F)F)CC1)C1CCCOC1. The zero-order valence-electron chi connectivity index (χ0n) is 10.2. The van der Waals surface area contributed by atoms with Crippen LogP contribution in [0.25, 0.3) is 0 Å². The third-order valence-corrected chi connectivity index (χ3v) is 4.08. The van der Waals surface area contributed by atoms with Crippen molar-refractivity contribution in [3.8, 4) is 0 Å². The first-order chi connectivity index (χ1) is 8.18. The third kappa shape index (κ3) is 3.36. The number of nitrogens with two attached hydrogens (primary N) is 1. The van der Waals surface area contributed by atoms with Gasteiger partial charge < -0.3 is 4.74 Å². The van der Waals surface area contributed by atoms with Gasteiger partial charge in [-0.15, -0.1) is 0 Å². The van der Waals surface area contributed by atoms with Crippen molar-refractivity contribution >= 4 is 0 Å². The highest BCUT2D eigenvalue weighted by atomic mass is 19.3. The van der Waals surface area contributed by atoms with E-state index in [1.54, 1.807) is 0 Å². The molecule has 1 aliphatic carbocycles. The van der Waals surface area contributed by atoms with Crippen LogP contribution in [0.3, 0.4) is 0 Å². The standard InChI is InChI=1S/C12H22F2N2O/c13-12(14)9-3-5-10(6-4-9)16(15)11-2-1-7-17-8-11/h9-12H,1-8,15H2. The van der Waals surface area contributed by atoms with Gasteiger partial charge >= 0.3 is 0 Å². The Labute approximate surface area is 101 Å². The fourth-order valence-corrected chi connectivity index (χ4v) is 2.91. The fraction of sp³-hybridized carbons (Fsp3) is 1.00. The molecule has 1 heterocycles. The maximum atomic E-state index is 12.5. The number of ether oxygens (including phenoxy) is 1. The Kier molecular flexibility index (Phi) is 4.70. The number of nitrogens with zero attached hydrogens (tertiary/aromatic N) is 1. The number of hydrogen-bond acceptors (Lipinski definition) is 3. The van der Waals surface area contributed by atoms with Crippen molar-refractivity contribution in [3.05, 3.63) is 0 Å². The molecule has 3 nitrogen and oxygen atoms in total. The van der Waals surface area contributed by atoms with Crippen molar-refractivity contribution < 1.29 is 13.5 Å². The Bertz CT molecular complexity index is 227. The summed E-state index contributed by atoms with van der Waals surface area (Å²) in [4.78, 5) is 0. The summed E-state index contributed by atoms with van der Waals surface area (Å²) in [5, 5.41) is 1.88. The van der Waals surface area contributed by atoms with E-state index in [9.17, 15) is 8.78 Å². The average molecular weight is 248 g/mol. The van der Waals surface area contributed by atoms with E-state index >= 15 is 0 Å². The summed E-state index contributed by atoms with van der Waals surface area (Å²) < 4.78 is 30.5. The molecule has 1 aliphatic heterocycles. The van der Waals surface area contributed by atoms with Gasteiger partial charge in [0, 0.05) is 24.6 Å². The van der Waals surface area contributed by atoms with Crippen molar-refractivity contribution in [3.63, 3.8) is 0 Å². The van der Waals surface area contributed by atoms with Crippen molar-refractivity contribution in [1.82, 2.24) is 5.01 Å². The van der Waals surface area contributed by atoms with Gasteiger partial charge in [-0.3, -0.25) is 5.84 Å². The molecule has 100 valence electrons. The van der Waals surface area contributed by atoms with Gasteiger partial charge in [-0.25, -0.2) is 13.8 Å². The van der Waals surface area contributed by atoms with Crippen molar-refractivity contribution in [1.29, 1.82) is 0 Å². The van der Waals surface area contributed by atoms with Crippen LogP contribution in [-0.4, -0.2) is 36.7 Å². The molecule has 2 rings (SSSR count). The fourth-order valence-electron chi connectivity index (χ4n) is 2.91. The summed E-state index contributed by atoms with van der Waals surface area (Å²) in [6, 6.07) is 0.536. The minimum Gasteiger partial charge on any atom is -0.380 e. The van der Waals surface area contributed by atoms with Crippen LogP contribution in [-0.2, 0) is 4.74 Å². The van der Waals surface area contributed by atoms with E-state index in [0.29, 0.717) is 19.4 Å². The van der Waals surface area contributed by atoms with Gasteiger partial charge in [0.15, 0.2) is 0 Å². The van der Waals surface area contributed by atoms with Crippen LogP contribution in [0, 0.1) is 5.92 Å². The molecule has 0 bridgehead atoms. The number of halogens is 2. The predicted octanol–water partition coefficient (Wildman–Crippen LogP) is 2.17. The number of hydrogen-bond donors (Lipinski definition) is 1. The minimum absolute atomic E-state index is 0.261. The van der Waals surface area contributed by atoms with E-state index < -0.39 is 12.3 Å². The molecule has 5 heteroatoms. The molecule has 0 amide bonds. The van der Waals surface area contributed by atoms with Crippen LogP contribution in [0.2, 0.25) is 0 Å². The lowest BCUT2D eigenvalue weighted by Gasteiger charge is -2.39. The lowest BCUT2D eigenvalue weighted by atomic mass is 9.85. The Balaban J connectivity index is 1.79. The largest absolute Gasteiger partial charge is 0.380 e. The molecule has 1 saturated heterocycles. The first-order valence-electron chi connectivity index (χ1n) is 6.57. The van der Waals surface area contributed by atoms with Gasteiger partial charge in [0.2, 0.25) is 6.43 Å². The van der Waals surface area contributed by atoms with Crippen LogP contribution in [0.15, 0.2) is 0 Å². The topological polar surface area (TPSA) is 38.5 Å². The molecular weight excluding hydrogens is 226 g/mol. The van der Waals surface area contributed by atoms with E-state index in [-0.39, 0.29) is 12.1 Å². The lowest BCUT2D eigenvalue weighted by Crippen LogP contribution is -2.52. The molecule has 0 aromatic heterocycles.